The van der Waals surface area contributed by atoms with Crippen molar-refractivity contribution < 1.29 is 0 Å². The van der Waals surface area contributed by atoms with Gasteiger partial charge in [-0.15, -0.1) is 0 Å². The van der Waals surface area contributed by atoms with Crippen LogP contribution in [0.3, 0.4) is 0 Å². The van der Waals surface area contributed by atoms with E-state index in [0.29, 0.717) is 6.04 Å². The number of likely N-dealkylation sites (tertiary alicyclic amines) is 1. The monoisotopic (exact) mass is 214 g/mol. The molecule has 0 aromatic heterocycles. The maximum atomic E-state index is 8.98. The predicted octanol–water partition coefficient (Wildman–Crippen LogP) is 2.73. The lowest BCUT2D eigenvalue weighted by Gasteiger charge is -2.22. The molecule has 2 rings (SSSR count). The standard InChI is InChI=1S/C14H18N2/c1-11-3-5-13(6-4-11)10-16-8-7-14(9-15)12(16)2/h3-6,12,14H,7-8,10H2,1-2H3. The molecule has 0 radical (unpaired) electrons. The van der Waals surface area contributed by atoms with Gasteiger partial charge in [0.2, 0.25) is 0 Å². The zero-order valence-corrected chi connectivity index (χ0v) is 9.98. The van der Waals surface area contributed by atoms with Crippen molar-refractivity contribution in [2.45, 2.75) is 32.9 Å². The summed E-state index contributed by atoms with van der Waals surface area (Å²) in [7, 11) is 0. The first kappa shape index (κ1) is 11.2. The van der Waals surface area contributed by atoms with Crippen molar-refractivity contribution in [3.63, 3.8) is 0 Å². The smallest absolute Gasteiger partial charge is 0.0672 e. The first-order chi connectivity index (χ1) is 7.70. The molecule has 2 heteroatoms. The highest BCUT2D eigenvalue weighted by atomic mass is 15.2. The fraction of sp³-hybridized carbons (Fsp3) is 0.500. The molecule has 0 N–H and O–H groups in total. The van der Waals surface area contributed by atoms with Crippen molar-refractivity contribution in [2.75, 3.05) is 6.54 Å². The minimum absolute atomic E-state index is 0.213. The lowest BCUT2D eigenvalue weighted by Crippen LogP contribution is -2.29. The molecule has 0 bridgehead atoms. The highest BCUT2D eigenvalue weighted by Gasteiger charge is 2.30. The Morgan fingerprint density at radius 2 is 2.06 bits per heavy atom. The summed E-state index contributed by atoms with van der Waals surface area (Å²) in [6.45, 7) is 6.29. The summed E-state index contributed by atoms with van der Waals surface area (Å²) in [6, 6.07) is 11.5. The third kappa shape index (κ3) is 2.25. The van der Waals surface area contributed by atoms with Crippen LogP contribution >= 0.6 is 0 Å². The second-order valence-corrected chi connectivity index (χ2v) is 4.72. The van der Waals surface area contributed by atoms with E-state index in [-0.39, 0.29) is 5.92 Å². The highest BCUT2D eigenvalue weighted by Crippen LogP contribution is 2.25. The Hall–Kier alpha value is -1.33. The molecule has 1 saturated heterocycles. The van der Waals surface area contributed by atoms with Crippen LogP contribution in [0, 0.1) is 24.2 Å². The van der Waals surface area contributed by atoms with Gasteiger partial charge < -0.3 is 0 Å². The van der Waals surface area contributed by atoms with Crippen molar-refractivity contribution in [1.29, 1.82) is 5.26 Å². The van der Waals surface area contributed by atoms with Crippen molar-refractivity contribution in [1.82, 2.24) is 4.90 Å². The van der Waals surface area contributed by atoms with Gasteiger partial charge in [0.05, 0.1) is 12.0 Å². The van der Waals surface area contributed by atoms with Gasteiger partial charge in [0.1, 0.15) is 0 Å². The summed E-state index contributed by atoms with van der Waals surface area (Å²) in [5.41, 5.74) is 2.64. The van der Waals surface area contributed by atoms with Gasteiger partial charge in [-0.25, -0.2) is 0 Å². The van der Waals surface area contributed by atoms with Crippen molar-refractivity contribution in [3.8, 4) is 6.07 Å². The van der Waals surface area contributed by atoms with E-state index in [2.05, 4.69) is 49.1 Å². The molecule has 1 aliphatic heterocycles. The normalized spacial score (nSPS) is 25.6. The van der Waals surface area contributed by atoms with Crippen molar-refractivity contribution in [2.24, 2.45) is 5.92 Å². The van der Waals surface area contributed by atoms with Gasteiger partial charge in [-0.2, -0.15) is 5.26 Å². The number of nitrogens with zero attached hydrogens (tertiary/aromatic N) is 2. The molecule has 2 nitrogen and oxygen atoms in total. The maximum absolute atomic E-state index is 8.98. The van der Waals surface area contributed by atoms with E-state index in [1.54, 1.807) is 0 Å². The van der Waals surface area contributed by atoms with Crippen LogP contribution in [0.1, 0.15) is 24.5 Å². The van der Waals surface area contributed by atoms with Gasteiger partial charge in [0.25, 0.3) is 0 Å². The quantitative estimate of drug-likeness (QED) is 0.757. The predicted molar refractivity (Wildman–Crippen MR) is 64.8 cm³/mol. The van der Waals surface area contributed by atoms with Crippen LogP contribution in [0.5, 0.6) is 0 Å². The molecule has 0 spiro atoms. The summed E-state index contributed by atoms with van der Waals surface area (Å²) in [5, 5.41) is 8.98. The topological polar surface area (TPSA) is 27.0 Å². The van der Waals surface area contributed by atoms with E-state index >= 15 is 0 Å². The summed E-state index contributed by atoms with van der Waals surface area (Å²) in [6.07, 6.45) is 1.02. The fourth-order valence-corrected chi connectivity index (χ4v) is 2.33. The number of nitriles is 1. The molecule has 1 aromatic carbocycles. The van der Waals surface area contributed by atoms with Gasteiger partial charge in [-0.1, -0.05) is 29.8 Å². The minimum Gasteiger partial charge on any atom is -0.295 e. The second-order valence-electron chi connectivity index (χ2n) is 4.72. The highest BCUT2D eigenvalue weighted by molar-refractivity contribution is 5.21. The molecule has 2 atom stereocenters. The van der Waals surface area contributed by atoms with Gasteiger partial charge in [0.15, 0.2) is 0 Å². The van der Waals surface area contributed by atoms with Crippen LogP contribution < -0.4 is 0 Å². The Bertz CT molecular complexity index is 388. The Morgan fingerprint density at radius 1 is 1.38 bits per heavy atom. The number of hydrogen-bond acceptors (Lipinski definition) is 2. The Labute approximate surface area is 97.5 Å². The molecular weight excluding hydrogens is 196 g/mol. The molecule has 1 heterocycles. The van der Waals surface area contributed by atoms with Crippen LogP contribution in [-0.4, -0.2) is 17.5 Å². The largest absolute Gasteiger partial charge is 0.295 e. The average molecular weight is 214 g/mol. The first-order valence-electron chi connectivity index (χ1n) is 5.90. The summed E-state index contributed by atoms with van der Waals surface area (Å²) in [4.78, 5) is 2.40. The molecular formula is C14H18N2. The van der Waals surface area contributed by atoms with Crippen LogP contribution in [0.4, 0.5) is 0 Å². The van der Waals surface area contributed by atoms with E-state index in [4.69, 9.17) is 5.26 Å². The van der Waals surface area contributed by atoms with Crippen LogP contribution in [-0.2, 0) is 6.54 Å². The molecule has 1 aliphatic rings. The number of benzene rings is 1. The molecule has 84 valence electrons. The summed E-state index contributed by atoms with van der Waals surface area (Å²) >= 11 is 0. The van der Waals surface area contributed by atoms with Gasteiger partial charge in [-0.05, 0) is 25.8 Å². The van der Waals surface area contributed by atoms with Crippen LogP contribution in [0.15, 0.2) is 24.3 Å². The van der Waals surface area contributed by atoms with Crippen molar-refractivity contribution in [3.05, 3.63) is 35.4 Å². The zero-order chi connectivity index (χ0) is 11.5. The maximum Gasteiger partial charge on any atom is 0.0672 e. The third-order valence-corrected chi connectivity index (χ3v) is 3.56. The molecule has 0 saturated carbocycles. The number of rotatable bonds is 2. The zero-order valence-electron chi connectivity index (χ0n) is 9.98. The fourth-order valence-electron chi connectivity index (χ4n) is 2.33. The number of hydrogen-bond donors (Lipinski definition) is 0. The van der Waals surface area contributed by atoms with Crippen LogP contribution in [0.25, 0.3) is 0 Å². The molecule has 2 unspecified atom stereocenters. The first-order valence-corrected chi connectivity index (χ1v) is 5.90. The van der Waals surface area contributed by atoms with E-state index in [0.717, 1.165) is 19.5 Å². The van der Waals surface area contributed by atoms with Gasteiger partial charge in [-0.3, -0.25) is 4.90 Å². The lowest BCUT2D eigenvalue weighted by molar-refractivity contribution is 0.247. The summed E-state index contributed by atoms with van der Waals surface area (Å²) in [5.74, 6) is 0.213. The molecule has 1 aromatic rings. The average Bonchev–Trinajstić information content (AvgIpc) is 2.63. The summed E-state index contributed by atoms with van der Waals surface area (Å²) < 4.78 is 0. The Balaban J connectivity index is 2.01. The molecule has 16 heavy (non-hydrogen) atoms. The van der Waals surface area contributed by atoms with E-state index in [1.165, 1.54) is 11.1 Å². The molecule has 1 fully saturated rings. The van der Waals surface area contributed by atoms with Gasteiger partial charge in [0, 0.05) is 19.1 Å². The third-order valence-electron chi connectivity index (χ3n) is 3.56. The SMILES string of the molecule is Cc1ccc(CN2CCC(C#N)C2C)cc1. The van der Waals surface area contributed by atoms with Crippen LogP contribution in [0.2, 0.25) is 0 Å². The van der Waals surface area contributed by atoms with E-state index in [9.17, 15) is 0 Å². The molecule has 0 amide bonds. The Kier molecular flexibility index (Phi) is 3.26. The minimum atomic E-state index is 0.213. The second kappa shape index (κ2) is 4.67. The van der Waals surface area contributed by atoms with Crippen molar-refractivity contribution >= 4 is 0 Å². The van der Waals surface area contributed by atoms with Gasteiger partial charge >= 0.3 is 0 Å². The lowest BCUT2D eigenvalue weighted by atomic mass is 10.0. The molecule has 0 aliphatic carbocycles. The number of aryl methyl sites for hydroxylation is 1. The van der Waals surface area contributed by atoms with E-state index in [1.807, 2.05) is 0 Å². The van der Waals surface area contributed by atoms with E-state index < -0.39 is 0 Å². The Morgan fingerprint density at radius 3 is 2.62 bits per heavy atom.